The number of Topliss-reactive ketones (excluding diaryl/α,β-unsaturated/α-hetero) is 1. The quantitative estimate of drug-likeness (QED) is 0.627. The van der Waals surface area contributed by atoms with Gasteiger partial charge in [-0.25, -0.2) is 17.6 Å². The number of phenolic OH excluding ortho intramolecular Hbond substituents is 1. The van der Waals surface area contributed by atoms with E-state index in [4.69, 9.17) is 4.42 Å². The molecule has 0 amide bonds. The number of nitrogens with zero attached hydrogens (tertiary/aromatic N) is 1. The maximum absolute atomic E-state index is 13.2. The number of phenols is 1. The predicted molar refractivity (Wildman–Crippen MR) is 103 cm³/mol. The zero-order valence-corrected chi connectivity index (χ0v) is 16.2. The molecule has 1 aromatic heterocycles. The van der Waals surface area contributed by atoms with Crippen LogP contribution in [-0.4, -0.2) is 43.2 Å². The highest BCUT2D eigenvalue weighted by Gasteiger charge is 2.27. The summed E-state index contributed by atoms with van der Waals surface area (Å²) in [7, 11) is -3.93. The maximum Gasteiger partial charge on any atom is 0.340 e. The van der Waals surface area contributed by atoms with Crippen LogP contribution in [0.4, 0.5) is 10.1 Å². The third-order valence-electron chi connectivity index (χ3n) is 4.14. The first-order valence-electron chi connectivity index (χ1n) is 8.25. The molecule has 3 aromatic rings. The van der Waals surface area contributed by atoms with Crippen LogP contribution in [0.1, 0.15) is 17.3 Å². The number of hydrogen-bond acceptors (Lipinski definition) is 6. The Morgan fingerprint density at radius 3 is 2.31 bits per heavy atom. The molecule has 29 heavy (non-hydrogen) atoms. The first-order valence-corrected chi connectivity index (χ1v) is 10.1. The molecule has 0 saturated heterocycles. The number of carboxylic acid groups (broad SMARTS) is 1. The van der Waals surface area contributed by atoms with E-state index in [0.29, 0.717) is 4.31 Å². The number of carboxylic acids is 1. The van der Waals surface area contributed by atoms with Gasteiger partial charge in [0.25, 0.3) is 0 Å². The molecule has 0 spiro atoms. The number of anilines is 1. The number of furan rings is 1. The lowest BCUT2D eigenvalue weighted by molar-refractivity contribution is -0.115. The van der Waals surface area contributed by atoms with Gasteiger partial charge in [0.15, 0.2) is 0 Å². The number of carbonyl (C=O) groups excluding carboxylic acids is 1. The van der Waals surface area contributed by atoms with Crippen molar-refractivity contribution < 1.29 is 37.0 Å². The summed E-state index contributed by atoms with van der Waals surface area (Å²) < 4.78 is 43.7. The molecule has 0 unspecified atom stereocenters. The molecule has 8 nitrogen and oxygen atoms in total. The summed E-state index contributed by atoms with van der Waals surface area (Å²) in [5.41, 5.74) is -0.242. The topological polar surface area (TPSA) is 125 Å². The maximum atomic E-state index is 13.2. The summed E-state index contributed by atoms with van der Waals surface area (Å²) >= 11 is 0. The van der Waals surface area contributed by atoms with E-state index >= 15 is 0 Å². The van der Waals surface area contributed by atoms with Crippen molar-refractivity contribution in [1.82, 2.24) is 0 Å². The van der Waals surface area contributed by atoms with Crippen molar-refractivity contribution in [1.29, 1.82) is 0 Å². The standard InChI is InChI=1S/C19H16FNO7S/c1-10(22)9-21(29(2,26)27)14-8-16-13(7-15(14)23)17(19(24)25)18(28-16)11-3-5-12(20)6-4-11/h3-8,23H,9H2,1-2H3,(H,24,25). The van der Waals surface area contributed by atoms with Crippen molar-refractivity contribution in [2.45, 2.75) is 6.92 Å². The molecule has 1 heterocycles. The summed E-state index contributed by atoms with van der Waals surface area (Å²) in [5, 5.41) is 20.0. The molecule has 0 saturated carbocycles. The number of carbonyl (C=O) groups is 2. The second kappa shape index (κ2) is 7.21. The van der Waals surface area contributed by atoms with E-state index in [2.05, 4.69) is 0 Å². The molecule has 0 aliphatic rings. The van der Waals surface area contributed by atoms with Gasteiger partial charge in [0.2, 0.25) is 10.0 Å². The van der Waals surface area contributed by atoms with Gasteiger partial charge >= 0.3 is 5.97 Å². The minimum Gasteiger partial charge on any atom is -0.506 e. The van der Waals surface area contributed by atoms with Crippen LogP contribution in [0, 0.1) is 5.82 Å². The van der Waals surface area contributed by atoms with E-state index in [9.17, 15) is 32.6 Å². The minimum absolute atomic E-state index is 0.0215. The van der Waals surface area contributed by atoms with Crippen LogP contribution < -0.4 is 4.31 Å². The van der Waals surface area contributed by atoms with Crippen LogP contribution in [0.3, 0.4) is 0 Å². The Labute approximate surface area is 164 Å². The van der Waals surface area contributed by atoms with Gasteiger partial charge < -0.3 is 14.6 Å². The number of ketones is 1. The lowest BCUT2D eigenvalue weighted by Gasteiger charge is -2.21. The van der Waals surface area contributed by atoms with Crippen LogP contribution in [0.15, 0.2) is 40.8 Å². The number of aromatic carboxylic acids is 1. The van der Waals surface area contributed by atoms with Gasteiger partial charge in [-0.05, 0) is 37.3 Å². The third kappa shape index (κ3) is 3.92. The Morgan fingerprint density at radius 1 is 1.17 bits per heavy atom. The van der Waals surface area contributed by atoms with Crippen molar-refractivity contribution in [3.63, 3.8) is 0 Å². The Kier molecular flexibility index (Phi) is 5.05. The molecule has 0 bridgehead atoms. The van der Waals surface area contributed by atoms with Gasteiger partial charge in [-0.3, -0.25) is 9.10 Å². The van der Waals surface area contributed by atoms with Crippen molar-refractivity contribution >= 4 is 38.4 Å². The summed E-state index contributed by atoms with van der Waals surface area (Å²) in [6, 6.07) is 7.14. The predicted octanol–water partition coefficient (Wildman–Crippen LogP) is 3.00. The molecular formula is C19H16FNO7S. The number of hydrogen-bond donors (Lipinski definition) is 2. The average Bonchev–Trinajstić information content (AvgIpc) is 2.97. The van der Waals surface area contributed by atoms with E-state index in [1.54, 1.807) is 0 Å². The van der Waals surface area contributed by atoms with Gasteiger partial charge in [-0.1, -0.05) is 0 Å². The second-order valence-electron chi connectivity index (χ2n) is 6.43. The molecule has 0 atom stereocenters. The minimum atomic E-state index is -3.93. The highest BCUT2D eigenvalue weighted by molar-refractivity contribution is 7.92. The molecule has 0 aliphatic carbocycles. The first-order chi connectivity index (χ1) is 13.5. The van der Waals surface area contributed by atoms with E-state index in [-0.39, 0.29) is 33.5 Å². The average molecular weight is 421 g/mol. The molecule has 0 fully saturated rings. The van der Waals surface area contributed by atoms with Crippen LogP contribution in [-0.2, 0) is 14.8 Å². The lowest BCUT2D eigenvalue weighted by atomic mass is 10.0. The van der Waals surface area contributed by atoms with Crippen molar-refractivity contribution in [2.75, 3.05) is 17.1 Å². The van der Waals surface area contributed by atoms with Crippen molar-refractivity contribution in [3.05, 3.63) is 47.8 Å². The molecular weight excluding hydrogens is 405 g/mol. The summed E-state index contributed by atoms with van der Waals surface area (Å²) in [6.07, 6.45) is 0.869. The van der Waals surface area contributed by atoms with Gasteiger partial charge in [0, 0.05) is 17.0 Å². The van der Waals surface area contributed by atoms with Crippen LogP contribution in [0.5, 0.6) is 5.75 Å². The molecule has 2 aromatic carbocycles. The van der Waals surface area contributed by atoms with Crippen LogP contribution in [0.25, 0.3) is 22.3 Å². The van der Waals surface area contributed by atoms with E-state index in [1.807, 2.05) is 0 Å². The Balaban J connectivity index is 2.28. The highest BCUT2D eigenvalue weighted by Crippen LogP contribution is 2.40. The third-order valence-corrected chi connectivity index (χ3v) is 5.27. The first kappa shape index (κ1) is 20.3. The fraction of sp³-hybridized carbons (Fsp3) is 0.158. The second-order valence-corrected chi connectivity index (χ2v) is 8.33. The normalized spacial score (nSPS) is 11.6. The van der Waals surface area contributed by atoms with Crippen molar-refractivity contribution in [2.24, 2.45) is 0 Å². The number of rotatable bonds is 6. The summed E-state index contributed by atoms with van der Waals surface area (Å²) in [6.45, 7) is 0.672. The van der Waals surface area contributed by atoms with Crippen LogP contribution in [0.2, 0.25) is 0 Å². The fourth-order valence-electron chi connectivity index (χ4n) is 2.92. The summed E-state index contributed by atoms with van der Waals surface area (Å²) in [4.78, 5) is 23.3. The highest BCUT2D eigenvalue weighted by atomic mass is 32.2. The number of aromatic hydroxyl groups is 1. The smallest absolute Gasteiger partial charge is 0.340 e. The lowest BCUT2D eigenvalue weighted by Crippen LogP contribution is -2.34. The number of benzene rings is 2. The summed E-state index contributed by atoms with van der Waals surface area (Å²) in [5.74, 6) is -2.96. The largest absolute Gasteiger partial charge is 0.506 e. The molecule has 0 aliphatic heterocycles. The number of halogens is 1. The molecule has 152 valence electrons. The number of fused-ring (bicyclic) bond motifs is 1. The molecule has 10 heteroatoms. The Hall–Kier alpha value is -3.40. The van der Waals surface area contributed by atoms with E-state index < -0.39 is 39.9 Å². The van der Waals surface area contributed by atoms with Gasteiger partial charge in [0.1, 0.15) is 34.3 Å². The zero-order valence-electron chi connectivity index (χ0n) is 15.3. The Bertz CT molecular complexity index is 1230. The number of sulfonamides is 1. The fourth-order valence-corrected chi connectivity index (χ4v) is 3.84. The van der Waals surface area contributed by atoms with E-state index in [1.165, 1.54) is 19.1 Å². The van der Waals surface area contributed by atoms with Crippen LogP contribution >= 0.6 is 0 Å². The van der Waals surface area contributed by atoms with Gasteiger partial charge in [0.05, 0.1) is 18.5 Å². The Morgan fingerprint density at radius 2 is 1.79 bits per heavy atom. The van der Waals surface area contributed by atoms with Gasteiger partial charge in [-0.2, -0.15) is 0 Å². The monoisotopic (exact) mass is 421 g/mol. The molecule has 0 radical (unpaired) electrons. The van der Waals surface area contributed by atoms with Gasteiger partial charge in [-0.15, -0.1) is 0 Å². The zero-order chi connectivity index (χ0) is 21.5. The molecule has 2 N–H and O–H groups in total. The molecule has 3 rings (SSSR count). The van der Waals surface area contributed by atoms with Crippen molar-refractivity contribution in [3.8, 4) is 17.1 Å². The SMILES string of the molecule is CC(=O)CN(c1cc2oc(-c3ccc(F)cc3)c(C(=O)O)c2cc1O)S(C)(=O)=O. The van der Waals surface area contributed by atoms with E-state index in [0.717, 1.165) is 30.5 Å².